The lowest BCUT2D eigenvalue weighted by molar-refractivity contribution is -0.142. The van der Waals surface area contributed by atoms with Crippen LogP contribution >= 0.6 is 11.3 Å². The fourth-order valence-electron chi connectivity index (χ4n) is 2.40. The average molecular weight is 364 g/mol. The number of aliphatic carboxylic acids is 1. The number of carbonyl (C=O) groups excluding carboxylic acids is 1. The molecule has 0 aliphatic heterocycles. The first-order valence-corrected chi connectivity index (χ1v) is 8.74. The topological polar surface area (TPSA) is 69.6 Å². The Morgan fingerprint density at radius 2 is 2.08 bits per heavy atom. The van der Waals surface area contributed by atoms with Crippen LogP contribution in [-0.2, 0) is 16.1 Å². The highest BCUT2D eigenvalue weighted by Gasteiger charge is 2.21. The van der Waals surface area contributed by atoms with Crippen LogP contribution in [0.25, 0.3) is 10.4 Å². The maximum Gasteiger partial charge on any atom is 0.320 e. The van der Waals surface area contributed by atoms with Crippen molar-refractivity contribution in [2.45, 2.75) is 26.4 Å². The number of hydrogen-bond acceptors (Lipinski definition) is 4. The Morgan fingerprint density at radius 3 is 2.72 bits per heavy atom. The lowest BCUT2D eigenvalue weighted by Gasteiger charge is -2.25. The van der Waals surface area contributed by atoms with Gasteiger partial charge in [0, 0.05) is 36.3 Å². The highest BCUT2D eigenvalue weighted by atomic mass is 32.1. The van der Waals surface area contributed by atoms with Crippen LogP contribution in [0, 0.1) is 5.82 Å². The number of hydrogen-bond donors (Lipinski definition) is 2. The van der Waals surface area contributed by atoms with Crippen molar-refractivity contribution in [1.82, 2.24) is 10.2 Å². The van der Waals surface area contributed by atoms with Crippen LogP contribution in [-0.4, -0.2) is 41.0 Å². The number of thiophene rings is 1. The molecule has 2 N–H and O–H groups in total. The molecule has 1 heterocycles. The van der Waals surface area contributed by atoms with Crippen molar-refractivity contribution in [3.8, 4) is 10.4 Å². The SMILES string of the molecule is CC(=O)NCCN(Cc1ccc(-c2cccc(F)c2)s1)C(C)C(=O)O. The van der Waals surface area contributed by atoms with E-state index < -0.39 is 12.0 Å². The van der Waals surface area contributed by atoms with Crippen LogP contribution in [0.15, 0.2) is 36.4 Å². The minimum absolute atomic E-state index is 0.146. The number of carboxylic acid groups (broad SMARTS) is 1. The molecule has 0 bridgehead atoms. The summed E-state index contributed by atoms with van der Waals surface area (Å²) >= 11 is 1.50. The van der Waals surface area contributed by atoms with E-state index in [2.05, 4.69) is 5.32 Å². The molecule has 0 saturated heterocycles. The second-order valence-corrected chi connectivity index (χ2v) is 6.91. The fraction of sp³-hybridized carbons (Fsp3) is 0.333. The number of halogens is 1. The largest absolute Gasteiger partial charge is 0.480 e. The summed E-state index contributed by atoms with van der Waals surface area (Å²) in [5.74, 6) is -1.35. The molecule has 2 rings (SSSR count). The van der Waals surface area contributed by atoms with E-state index >= 15 is 0 Å². The van der Waals surface area contributed by atoms with Gasteiger partial charge < -0.3 is 10.4 Å². The predicted molar refractivity (Wildman–Crippen MR) is 95.9 cm³/mol. The zero-order valence-corrected chi connectivity index (χ0v) is 15.0. The normalized spacial score (nSPS) is 12.2. The van der Waals surface area contributed by atoms with Gasteiger partial charge in [-0.05, 0) is 36.8 Å². The molecule has 1 amide bonds. The molecule has 0 radical (unpaired) electrons. The summed E-state index contributed by atoms with van der Waals surface area (Å²) in [6, 6.07) is 9.54. The summed E-state index contributed by atoms with van der Waals surface area (Å²) in [6.45, 7) is 4.31. The maximum absolute atomic E-state index is 13.4. The van der Waals surface area contributed by atoms with E-state index in [0.29, 0.717) is 19.6 Å². The zero-order valence-electron chi connectivity index (χ0n) is 14.2. The Balaban J connectivity index is 2.10. The molecule has 0 fully saturated rings. The van der Waals surface area contributed by atoms with E-state index in [1.807, 2.05) is 18.2 Å². The van der Waals surface area contributed by atoms with Gasteiger partial charge in [0.15, 0.2) is 0 Å². The number of nitrogens with one attached hydrogen (secondary N) is 1. The standard InChI is InChI=1S/C18H21FN2O3S/c1-12(18(23)24)21(9-8-20-13(2)22)11-16-6-7-17(25-16)14-4-3-5-15(19)10-14/h3-7,10,12H,8-9,11H2,1-2H3,(H,20,22)(H,23,24). The van der Waals surface area contributed by atoms with Crippen LogP contribution in [0.2, 0.25) is 0 Å². The Morgan fingerprint density at radius 1 is 1.32 bits per heavy atom. The molecule has 134 valence electrons. The minimum Gasteiger partial charge on any atom is -0.480 e. The van der Waals surface area contributed by atoms with Crippen LogP contribution in [0.4, 0.5) is 4.39 Å². The molecule has 25 heavy (non-hydrogen) atoms. The van der Waals surface area contributed by atoms with Gasteiger partial charge >= 0.3 is 5.97 Å². The van der Waals surface area contributed by atoms with Gasteiger partial charge in [-0.25, -0.2) is 4.39 Å². The van der Waals surface area contributed by atoms with Gasteiger partial charge in [0.05, 0.1) is 0 Å². The molecule has 2 aromatic rings. The zero-order chi connectivity index (χ0) is 18.4. The third-order valence-corrected chi connectivity index (χ3v) is 4.93. The molecule has 0 spiro atoms. The van der Waals surface area contributed by atoms with Gasteiger partial charge in [-0.15, -0.1) is 11.3 Å². The molecule has 1 unspecified atom stereocenters. The summed E-state index contributed by atoms with van der Waals surface area (Å²) in [5.41, 5.74) is 0.798. The van der Waals surface area contributed by atoms with Crippen molar-refractivity contribution in [2.24, 2.45) is 0 Å². The molecule has 1 aromatic carbocycles. The minimum atomic E-state index is -0.912. The number of carbonyl (C=O) groups is 2. The summed E-state index contributed by atoms with van der Waals surface area (Å²) in [4.78, 5) is 26.0. The first-order valence-electron chi connectivity index (χ1n) is 7.92. The van der Waals surface area contributed by atoms with Gasteiger partial charge in [0.2, 0.25) is 5.91 Å². The average Bonchev–Trinajstić information content (AvgIpc) is 3.01. The molecular formula is C18H21FN2O3S. The van der Waals surface area contributed by atoms with Gasteiger partial charge in [0.25, 0.3) is 0 Å². The van der Waals surface area contributed by atoms with E-state index in [0.717, 1.165) is 15.3 Å². The number of rotatable bonds is 8. The molecule has 0 aliphatic rings. The van der Waals surface area contributed by atoms with Crippen LogP contribution in [0.1, 0.15) is 18.7 Å². The predicted octanol–water partition coefficient (Wildman–Crippen LogP) is 2.97. The molecule has 0 aliphatic carbocycles. The Bertz CT molecular complexity index is 747. The van der Waals surface area contributed by atoms with Crippen LogP contribution in [0.5, 0.6) is 0 Å². The van der Waals surface area contributed by atoms with E-state index in [4.69, 9.17) is 0 Å². The molecule has 0 saturated carbocycles. The Hall–Kier alpha value is -2.25. The number of benzene rings is 1. The molecule has 5 nitrogen and oxygen atoms in total. The molecular weight excluding hydrogens is 343 g/mol. The monoisotopic (exact) mass is 364 g/mol. The number of amides is 1. The van der Waals surface area contributed by atoms with Crippen molar-refractivity contribution in [1.29, 1.82) is 0 Å². The summed E-state index contributed by atoms with van der Waals surface area (Å²) in [5, 5.41) is 12.0. The highest BCUT2D eigenvalue weighted by Crippen LogP contribution is 2.29. The van der Waals surface area contributed by atoms with Crippen molar-refractivity contribution in [3.63, 3.8) is 0 Å². The summed E-state index contributed by atoms with van der Waals surface area (Å²) in [6.07, 6.45) is 0. The van der Waals surface area contributed by atoms with E-state index in [1.54, 1.807) is 17.9 Å². The fourth-order valence-corrected chi connectivity index (χ4v) is 3.43. The lowest BCUT2D eigenvalue weighted by Crippen LogP contribution is -2.42. The maximum atomic E-state index is 13.4. The quantitative estimate of drug-likeness (QED) is 0.756. The summed E-state index contributed by atoms with van der Waals surface area (Å²) < 4.78 is 13.4. The van der Waals surface area contributed by atoms with E-state index in [-0.39, 0.29) is 11.7 Å². The second-order valence-electron chi connectivity index (χ2n) is 5.74. The van der Waals surface area contributed by atoms with Gasteiger partial charge in [-0.1, -0.05) is 12.1 Å². The number of carboxylic acids is 1. The second kappa shape index (κ2) is 8.73. The van der Waals surface area contributed by atoms with E-state index in [9.17, 15) is 19.1 Å². The first kappa shape index (κ1) is 19.1. The highest BCUT2D eigenvalue weighted by molar-refractivity contribution is 7.15. The first-order chi connectivity index (χ1) is 11.9. The van der Waals surface area contributed by atoms with Crippen molar-refractivity contribution in [2.75, 3.05) is 13.1 Å². The van der Waals surface area contributed by atoms with Gasteiger partial charge in [-0.2, -0.15) is 0 Å². The summed E-state index contributed by atoms with van der Waals surface area (Å²) in [7, 11) is 0. The van der Waals surface area contributed by atoms with Crippen LogP contribution in [0.3, 0.4) is 0 Å². The van der Waals surface area contributed by atoms with E-state index in [1.165, 1.54) is 30.4 Å². The molecule has 1 aromatic heterocycles. The van der Waals surface area contributed by atoms with Gasteiger partial charge in [-0.3, -0.25) is 14.5 Å². The van der Waals surface area contributed by atoms with Gasteiger partial charge in [0.1, 0.15) is 11.9 Å². The smallest absolute Gasteiger partial charge is 0.320 e. The molecule has 7 heteroatoms. The Kier molecular flexibility index (Phi) is 6.66. The third-order valence-electron chi connectivity index (χ3n) is 3.81. The van der Waals surface area contributed by atoms with Crippen molar-refractivity contribution >= 4 is 23.2 Å². The van der Waals surface area contributed by atoms with Crippen molar-refractivity contribution in [3.05, 3.63) is 47.1 Å². The number of nitrogens with zero attached hydrogens (tertiary/aromatic N) is 1. The van der Waals surface area contributed by atoms with Crippen molar-refractivity contribution < 1.29 is 19.1 Å². The third kappa shape index (κ3) is 5.65. The Labute approximate surface area is 150 Å². The molecule has 1 atom stereocenters. The lowest BCUT2D eigenvalue weighted by atomic mass is 10.2. The van der Waals surface area contributed by atoms with Crippen LogP contribution < -0.4 is 5.32 Å².